The van der Waals surface area contributed by atoms with Crippen LogP contribution >= 0.6 is 0 Å². The summed E-state index contributed by atoms with van der Waals surface area (Å²) in [7, 11) is 0. The molecule has 1 saturated carbocycles. The van der Waals surface area contributed by atoms with E-state index in [0.717, 1.165) is 42.7 Å². The molecule has 1 aromatic rings. The smallest absolute Gasteiger partial charge is 0.252 e. The van der Waals surface area contributed by atoms with E-state index < -0.39 is 0 Å². The second-order valence-corrected chi connectivity index (χ2v) is 6.95. The summed E-state index contributed by atoms with van der Waals surface area (Å²) >= 11 is 0. The third-order valence-electron chi connectivity index (χ3n) is 5.29. The zero-order chi connectivity index (χ0) is 16.4. The molecule has 1 aliphatic carbocycles. The lowest BCUT2D eigenvalue weighted by atomic mass is 9.93. The van der Waals surface area contributed by atoms with Gasteiger partial charge in [0, 0.05) is 19.2 Å². The minimum Gasteiger partial charge on any atom is -0.454 e. The van der Waals surface area contributed by atoms with Gasteiger partial charge < -0.3 is 19.1 Å². The van der Waals surface area contributed by atoms with Crippen LogP contribution in [0.15, 0.2) is 18.2 Å². The van der Waals surface area contributed by atoms with E-state index >= 15 is 0 Å². The first-order chi connectivity index (χ1) is 11.8. The van der Waals surface area contributed by atoms with Crippen molar-refractivity contribution in [2.45, 2.75) is 63.6 Å². The van der Waals surface area contributed by atoms with Crippen molar-refractivity contribution in [2.24, 2.45) is 0 Å². The van der Waals surface area contributed by atoms with Crippen molar-refractivity contribution in [1.29, 1.82) is 0 Å². The zero-order valence-electron chi connectivity index (χ0n) is 14.0. The first kappa shape index (κ1) is 15.8. The monoisotopic (exact) mass is 331 g/mol. The molecule has 1 aromatic carbocycles. The normalized spacial score (nSPS) is 23.4. The topological polar surface area (TPSA) is 48.0 Å². The minimum absolute atomic E-state index is 0.164. The molecule has 0 spiro atoms. The lowest BCUT2D eigenvalue weighted by Crippen LogP contribution is -2.45. The number of amides is 1. The van der Waals surface area contributed by atoms with Crippen molar-refractivity contribution in [1.82, 2.24) is 4.90 Å². The van der Waals surface area contributed by atoms with Crippen molar-refractivity contribution in [3.8, 4) is 11.5 Å². The van der Waals surface area contributed by atoms with Crippen LogP contribution in [0.3, 0.4) is 0 Å². The van der Waals surface area contributed by atoms with E-state index in [4.69, 9.17) is 14.2 Å². The van der Waals surface area contributed by atoms with Crippen LogP contribution in [0.5, 0.6) is 11.5 Å². The van der Waals surface area contributed by atoms with Crippen molar-refractivity contribution in [3.05, 3.63) is 23.8 Å². The van der Waals surface area contributed by atoms with Crippen molar-refractivity contribution < 1.29 is 19.0 Å². The molecule has 2 heterocycles. The van der Waals surface area contributed by atoms with Crippen LogP contribution < -0.4 is 9.47 Å². The molecular formula is C19H25NO4. The predicted molar refractivity (Wildman–Crippen MR) is 89.0 cm³/mol. The third kappa shape index (κ3) is 3.22. The number of ether oxygens (including phenoxy) is 3. The van der Waals surface area contributed by atoms with Gasteiger partial charge in [0.25, 0.3) is 5.91 Å². The van der Waals surface area contributed by atoms with Gasteiger partial charge in [-0.05, 0) is 43.4 Å². The lowest BCUT2D eigenvalue weighted by molar-refractivity contribution is -0.144. The van der Waals surface area contributed by atoms with Crippen LogP contribution in [-0.2, 0) is 16.1 Å². The molecule has 1 saturated heterocycles. The highest BCUT2D eigenvalue weighted by atomic mass is 16.7. The maximum atomic E-state index is 13.0. The van der Waals surface area contributed by atoms with Gasteiger partial charge in [-0.1, -0.05) is 25.3 Å². The molecule has 24 heavy (non-hydrogen) atoms. The molecule has 130 valence electrons. The number of hydrogen-bond acceptors (Lipinski definition) is 4. The number of nitrogens with zero attached hydrogens (tertiary/aromatic N) is 1. The Bertz CT molecular complexity index is 591. The summed E-state index contributed by atoms with van der Waals surface area (Å²) in [5.74, 6) is 1.73. The number of hydrogen-bond donors (Lipinski definition) is 0. The van der Waals surface area contributed by atoms with Gasteiger partial charge in [0.2, 0.25) is 6.79 Å². The van der Waals surface area contributed by atoms with Gasteiger partial charge in [0.05, 0.1) is 0 Å². The summed E-state index contributed by atoms with van der Waals surface area (Å²) in [4.78, 5) is 15.1. The Labute approximate surface area is 142 Å². The Hall–Kier alpha value is -1.75. The second kappa shape index (κ2) is 7.01. The van der Waals surface area contributed by atoms with Crippen LogP contribution in [0.2, 0.25) is 0 Å². The number of benzene rings is 1. The van der Waals surface area contributed by atoms with Gasteiger partial charge in [-0.25, -0.2) is 0 Å². The van der Waals surface area contributed by atoms with E-state index in [2.05, 4.69) is 4.90 Å². The highest BCUT2D eigenvalue weighted by Gasteiger charge is 2.33. The Morgan fingerprint density at radius 2 is 1.88 bits per heavy atom. The van der Waals surface area contributed by atoms with Gasteiger partial charge in [-0.15, -0.1) is 0 Å². The number of carbonyl (C=O) groups is 1. The Morgan fingerprint density at radius 1 is 1.04 bits per heavy atom. The van der Waals surface area contributed by atoms with Crippen LogP contribution in [0.1, 0.15) is 50.5 Å². The van der Waals surface area contributed by atoms with E-state index in [1.54, 1.807) is 0 Å². The Morgan fingerprint density at radius 3 is 2.67 bits per heavy atom. The third-order valence-corrected chi connectivity index (χ3v) is 5.29. The fraction of sp³-hybridized carbons (Fsp3) is 0.632. The highest BCUT2D eigenvalue weighted by molar-refractivity contribution is 5.81. The first-order valence-electron chi connectivity index (χ1n) is 9.12. The largest absolute Gasteiger partial charge is 0.454 e. The van der Waals surface area contributed by atoms with Gasteiger partial charge in [0.1, 0.15) is 6.10 Å². The summed E-state index contributed by atoms with van der Waals surface area (Å²) in [5.41, 5.74) is 1.09. The molecule has 0 N–H and O–H groups in total. The van der Waals surface area contributed by atoms with Gasteiger partial charge >= 0.3 is 0 Å². The fourth-order valence-electron chi connectivity index (χ4n) is 3.97. The minimum atomic E-state index is -0.249. The molecule has 1 amide bonds. The number of fused-ring (bicyclic) bond motifs is 1. The van der Waals surface area contributed by atoms with Crippen LogP contribution in [0.4, 0.5) is 0 Å². The summed E-state index contributed by atoms with van der Waals surface area (Å²) in [6.45, 7) is 1.61. The zero-order valence-corrected chi connectivity index (χ0v) is 14.0. The Balaban J connectivity index is 1.53. The maximum absolute atomic E-state index is 13.0. The molecule has 0 unspecified atom stereocenters. The van der Waals surface area contributed by atoms with Crippen LogP contribution in [0.25, 0.3) is 0 Å². The SMILES string of the molecule is O=C([C@@H]1CCCO1)N(Cc1ccc2c(c1)OCO2)C1CCCCC1. The molecule has 0 radical (unpaired) electrons. The Kier molecular flexibility index (Phi) is 4.60. The number of rotatable bonds is 4. The lowest BCUT2D eigenvalue weighted by Gasteiger charge is -2.36. The molecule has 1 atom stereocenters. The molecule has 2 fully saturated rings. The fourth-order valence-corrected chi connectivity index (χ4v) is 3.97. The van der Waals surface area contributed by atoms with Gasteiger partial charge in [0.15, 0.2) is 11.5 Å². The first-order valence-corrected chi connectivity index (χ1v) is 9.12. The van der Waals surface area contributed by atoms with Crippen molar-refractivity contribution >= 4 is 5.91 Å². The van der Waals surface area contributed by atoms with Crippen LogP contribution in [0, 0.1) is 0 Å². The van der Waals surface area contributed by atoms with Gasteiger partial charge in [-0.2, -0.15) is 0 Å². The quantitative estimate of drug-likeness (QED) is 0.850. The standard InChI is InChI=1S/C19H25NO4/c21-19(17-7-4-10-22-17)20(15-5-2-1-3-6-15)12-14-8-9-16-18(11-14)24-13-23-16/h8-9,11,15,17H,1-7,10,12-13H2/t17-/m0/s1. The van der Waals surface area contributed by atoms with E-state index in [1.807, 2.05) is 18.2 Å². The molecule has 0 bridgehead atoms. The highest BCUT2D eigenvalue weighted by Crippen LogP contribution is 2.34. The average Bonchev–Trinajstić information content (AvgIpc) is 3.31. The average molecular weight is 331 g/mol. The van der Waals surface area contributed by atoms with Gasteiger partial charge in [-0.3, -0.25) is 4.79 Å². The maximum Gasteiger partial charge on any atom is 0.252 e. The molecule has 5 nitrogen and oxygen atoms in total. The molecular weight excluding hydrogens is 306 g/mol. The number of carbonyl (C=O) groups excluding carboxylic acids is 1. The summed E-state index contributed by atoms with van der Waals surface area (Å²) in [5, 5.41) is 0. The molecule has 5 heteroatoms. The van der Waals surface area contributed by atoms with E-state index in [0.29, 0.717) is 19.2 Å². The molecule has 4 rings (SSSR count). The predicted octanol–water partition coefficient (Wildman–Crippen LogP) is 3.26. The summed E-state index contributed by atoms with van der Waals surface area (Å²) in [6.07, 6.45) is 7.49. The second-order valence-electron chi connectivity index (χ2n) is 6.95. The molecule has 0 aromatic heterocycles. The van der Waals surface area contributed by atoms with E-state index in [9.17, 15) is 4.79 Å². The van der Waals surface area contributed by atoms with Crippen molar-refractivity contribution in [3.63, 3.8) is 0 Å². The van der Waals surface area contributed by atoms with E-state index in [1.165, 1.54) is 19.3 Å². The molecule has 3 aliphatic rings. The summed E-state index contributed by atoms with van der Waals surface area (Å²) < 4.78 is 16.5. The van der Waals surface area contributed by atoms with E-state index in [-0.39, 0.29) is 18.8 Å². The van der Waals surface area contributed by atoms with Crippen molar-refractivity contribution in [2.75, 3.05) is 13.4 Å². The summed E-state index contributed by atoms with van der Waals surface area (Å²) in [6, 6.07) is 6.31. The molecule has 2 aliphatic heterocycles. The van der Waals surface area contributed by atoms with Crippen LogP contribution in [-0.4, -0.2) is 36.4 Å².